The molecule has 0 heterocycles. The minimum Gasteiger partial charge on any atom is -0.480 e. The van der Waals surface area contributed by atoms with Crippen LogP contribution in [0.4, 0.5) is 0 Å². The second kappa shape index (κ2) is 8.98. The first-order valence-electron chi connectivity index (χ1n) is 8.70. The van der Waals surface area contributed by atoms with Crippen LogP contribution in [-0.2, 0) is 24.5 Å². The number of aliphatic carboxylic acids is 1. The smallest absolute Gasteiger partial charge is 0.326 e. The van der Waals surface area contributed by atoms with E-state index >= 15 is 0 Å². The molecule has 0 saturated carbocycles. The molecule has 1 atom stereocenters. The van der Waals surface area contributed by atoms with Gasteiger partial charge in [0, 0.05) is 0 Å². The lowest BCUT2D eigenvalue weighted by Gasteiger charge is -2.31. The molecule has 0 spiro atoms. The van der Waals surface area contributed by atoms with E-state index in [0.717, 1.165) is 0 Å². The summed E-state index contributed by atoms with van der Waals surface area (Å²) in [5, 5.41) is 11.9. The van der Waals surface area contributed by atoms with Gasteiger partial charge in [0.2, 0.25) is 5.91 Å². The summed E-state index contributed by atoms with van der Waals surface area (Å²) in [4.78, 5) is 36.4. The van der Waals surface area contributed by atoms with Gasteiger partial charge in [-0.1, -0.05) is 60.7 Å². The maximum Gasteiger partial charge on any atom is 0.326 e. The molecule has 6 nitrogen and oxygen atoms in total. The van der Waals surface area contributed by atoms with Gasteiger partial charge < -0.3 is 15.2 Å². The highest BCUT2D eigenvalue weighted by Gasteiger charge is 2.39. The van der Waals surface area contributed by atoms with Gasteiger partial charge in [-0.15, -0.1) is 0 Å². The number of nitrogens with one attached hydrogen (secondary N) is 1. The summed E-state index contributed by atoms with van der Waals surface area (Å²) in [6, 6.07) is 16.8. The number of benzene rings is 2. The fourth-order valence-electron chi connectivity index (χ4n) is 2.86. The molecule has 0 aliphatic rings. The number of carboxylic acid groups (broad SMARTS) is 1. The average molecular weight is 369 g/mol. The first-order valence-corrected chi connectivity index (χ1v) is 8.70. The van der Waals surface area contributed by atoms with Crippen molar-refractivity contribution >= 4 is 17.8 Å². The van der Waals surface area contributed by atoms with Gasteiger partial charge >= 0.3 is 11.9 Å². The molecule has 27 heavy (non-hydrogen) atoms. The number of rotatable bonds is 8. The molecule has 0 unspecified atom stereocenters. The highest BCUT2D eigenvalue weighted by molar-refractivity contribution is 5.95. The summed E-state index contributed by atoms with van der Waals surface area (Å²) in [7, 11) is 0. The zero-order valence-electron chi connectivity index (χ0n) is 15.3. The molecule has 1 amide bonds. The second-order valence-corrected chi connectivity index (χ2v) is 6.23. The van der Waals surface area contributed by atoms with Gasteiger partial charge in [0.15, 0.2) is 0 Å². The normalized spacial score (nSPS) is 12.1. The van der Waals surface area contributed by atoms with Gasteiger partial charge in [-0.25, -0.2) is 4.79 Å². The van der Waals surface area contributed by atoms with Crippen molar-refractivity contribution in [2.75, 3.05) is 6.61 Å². The molecule has 0 aliphatic carbocycles. The Labute approximate surface area is 158 Å². The van der Waals surface area contributed by atoms with Crippen molar-refractivity contribution < 1.29 is 24.2 Å². The number of carbonyl (C=O) groups excluding carboxylic acids is 2. The standard InChI is InChI=1S/C21H23NO5/c1-3-27-18(23)14-17(19(24)25)22-20(26)21(2,15-10-6-4-7-11-15)16-12-8-5-9-13-16/h4-13,17H,3,14H2,1-2H3,(H,22,26)(H,24,25)/t17-/m0/s1. The lowest BCUT2D eigenvalue weighted by molar-refractivity contribution is -0.150. The molecule has 0 bridgehead atoms. The topological polar surface area (TPSA) is 92.7 Å². The van der Waals surface area contributed by atoms with Crippen molar-refractivity contribution in [2.24, 2.45) is 0 Å². The van der Waals surface area contributed by atoms with Crippen LogP contribution in [0.15, 0.2) is 60.7 Å². The summed E-state index contributed by atoms with van der Waals surface area (Å²) in [5.74, 6) is -2.47. The van der Waals surface area contributed by atoms with Crippen LogP contribution in [0.3, 0.4) is 0 Å². The van der Waals surface area contributed by atoms with Crippen LogP contribution in [0.2, 0.25) is 0 Å². The quantitative estimate of drug-likeness (QED) is 0.698. The van der Waals surface area contributed by atoms with E-state index < -0.39 is 35.7 Å². The summed E-state index contributed by atoms with van der Waals surface area (Å²) >= 11 is 0. The van der Waals surface area contributed by atoms with Crippen LogP contribution in [0.1, 0.15) is 31.4 Å². The monoisotopic (exact) mass is 369 g/mol. The predicted molar refractivity (Wildman–Crippen MR) is 100 cm³/mol. The Balaban J connectivity index is 2.37. The first-order chi connectivity index (χ1) is 12.9. The number of hydrogen-bond donors (Lipinski definition) is 2. The van der Waals surface area contributed by atoms with Gasteiger partial charge in [0.1, 0.15) is 6.04 Å². The number of carbonyl (C=O) groups is 3. The lowest BCUT2D eigenvalue weighted by Crippen LogP contribution is -2.50. The minimum absolute atomic E-state index is 0.144. The Hall–Kier alpha value is -3.15. The lowest BCUT2D eigenvalue weighted by atomic mass is 9.75. The van der Waals surface area contributed by atoms with E-state index in [1.54, 1.807) is 13.8 Å². The fraction of sp³-hybridized carbons (Fsp3) is 0.286. The van der Waals surface area contributed by atoms with Crippen molar-refractivity contribution in [2.45, 2.75) is 31.7 Å². The van der Waals surface area contributed by atoms with Crippen molar-refractivity contribution in [3.05, 3.63) is 71.8 Å². The number of hydrogen-bond acceptors (Lipinski definition) is 4. The molecule has 0 radical (unpaired) electrons. The largest absolute Gasteiger partial charge is 0.480 e. The molecule has 0 aromatic heterocycles. The maximum atomic E-state index is 13.2. The SMILES string of the molecule is CCOC(=O)C[C@H](NC(=O)C(C)(c1ccccc1)c1ccccc1)C(=O)O. The van der Waals surface area contributed by atoms with Gasteiger partial charge in [-0.05, 0) is 25.0 Å². The minimum atomic E-state index is -1.37. The molecule has 0 aliphatic heterocycles. The van der Waals surface area contributed by atoms with Crippen LogP contribution in [0, 0.1) is 0 Å². The molecule has 0 saturated heterocycles. The van der Waals surface area contributed by atoms with E-state index in [0.29, 0.717) is 11.1 Å². The Kier molecular flexibility index (Phi) is 6.71. The van der Waals surface area contributed by atoms with E-state index in [-0.39, 0.29) is 6.61 Å². The summed E-state index contributed by atoms with van der Waals surface area (Å²) in [5.41, 5.74) is 0.313. The summed E-state index contributed by atoms with van der Waals surface area (Å²) in [6.45, 7) is 3.51. The van der Waals surface area contributed by atoms with Crippen molar-refractivity contribution in [3.63, 3.8) is 0 Å². The molecule has 0 fully saturated rings. The van der Waals surface area contributed by atoms with Crippen molar-refractivity contribution in [3.8, 4) is 0 Å². The first kappa shape index (κ1) is 20.2. The van der Waals surface area contributed by atoms with Gasteiger partial charge in [0.25, 0.3) is 0 Å². The summed E-state index contributed by atoms with van der Waals surface area (Å²) < 4.78 is 4.81. The third-order valence-electron chi connectivity index (χ3n) is 4.44. The molecule has 2 rings (SSSR count). The maximum absolute atomic E-state index is 13.2. The molecular weight excluding hydrogens is 346 g/mol. The average Bonchev–Trinajstić information content (AvgIpc) is 2.68. The van der Waals surface area contributed by atoms with E-state index in [1.807, 2.05) is 60.7 Å². The van der Waals surface area contributed by atoms with Crippen LogP contribution < -0.4 is 5.32 Å². The fourth-order valence-corrected chi connectivity index (χ4v) is 2.86. The van der Waals surface area contributed by atoms with E-state index in [2.05, 4.69) is 5.32 Å². The van der Waals surface area contributed by atoms with Crippen molar-refractivity contribution in [1.82, 2.24) is 5.32 Å². The highest BCUT2D eigenvalue weighted by atomic mass is 16.5. The predicted octanol–water partition coefficient (Wildman–Crippen LogP) is 2.52. The van der Waals surface area contributed by atoms with Gasteiger partial charge in [-0.3, -0.25) is 9.59 Å². The van der Waals surface area contributed by atoms with Gasteiger partial charge in [0.05, 0.1) is 18.4 Å². The van der Waals surface area contributed by atoms with Crippen molar-refractivity contribution in [1.29, 1.82) is 0 Å². The number of amides is 1. The molecule has 6 heteroatoms. The molecular formula is C21H23NO5. The van der Waals surface area contributed by atoms with Crippen LogP contribution in [0.5, 0.6) is 0 Å². The third-order valence-corrected chi connectivity index (χ3v) is 4.44. The molecule has 2 N–H and O–H groups in total. The molecule has 2 aromatic carbocycles. The Morgan fingerprint density at radius 2 is 1.48 bits per heavy atom. The molecule has 2 aromatic rings. The van der Waals surface area contributed by atoms with Crippen LogP contribution in [0.25, 0.3) is 0 Å². The zero-order valence-corrected chi connectivity index (χ0v) is 15.3. The van der Waals surface area contributed by atoms with Gasteiger partial charge in [-0.2, -0.15) is 0 Å². The Bertz CT molecular complexity index is 749. The van der Waals surface area contributed by atoms with E-state index in [1.165, 1.54) is 0 Å². The third kappa shape index (κ3) is 4.73. The Morgan fingerprint density at radius 3 is 1.89 bits per heavy atom. The van der Waals surface area contributed by atoms with E-state index in [9.17, 15) is 19.5 Å². The van der Waals surface area contributed by atoms with Crippen LogP contribution >= 0.6 is 0 Å². The number of carboxylic acids is 1. The second-order valence-electron chi connectivity index (χ2n) is 6.23. The molecule has 142 valence electrons. The number of esters is 1. The zero-order chi connectivity index (χ0) is 19.9. The number of ether oxygens (including phenoxy) is 1. The highest BCUT2D eigenvalue weighted by Crippen LogP contribution is 2.32. The van der Waals surface area contributed by atoms with Crippen LogP contribution in [-0.4, -0.2) is 35.6 Å². The Morgan fingerprint density at radius 1 is 1.00 bits per heavy atom. The van der Waals surface area contributed by atoms with E-state index in [4.69, 9.17) is 4.74 Å². The summed E-state index contributed by atoms with van der Waals surface area (Å²) in [6.07, 6.45) is -0.436.